The Balaban J connectivity index is 1.69. The Bertz CT molecular complexity index is 821. The third kappa shape index (κ3) is 6.23. The van der Waals surface area contributed by atoms with E-state index in [0.29, 0.717) is 12.2 Å². The standard InChI is InChI=1S/C26H29O2S/c1-2-3-4-5-12-21-28-26(27)22-17-19-25(20-18-22)29(23-13-8-6-9-14-23)24-15-10-7-11-16-24/h6-11,13-20H,2-5,12,21H2,1H3/q+1. The first-order valence-corrected chi connectivity index (χ1v) is 11.6. The van der Waals surface area contributed by atoms with Crippen molar-refractivity contribution in [2.45, 2.75) is 53.7 Å². The highest BCUT2D eigenvalue weighted by molar-refractivity contribution is 7.97. The van der Waals surface area contributed by atoms with E-state index in [0.717, 1.165) is 12.8 Å². The average molecular weight is 406 g/mol. The van der Waals surface area contributed by atoms with Crippen molar-refractivity contribution in [3.63, 3.8) is 0 Å². The van der Waals surface area contributed by atoms with Crippen molar-refractivity contribution in [2.24, 2.45) is 0 Å². The molecule has 0 radical (unpaired) electrons. The Kier molecular flexibility index (Phi) is 8.39. The minimum atomic E-state index is -0.230. The van der Waals surface area contributed by atoms with Gasteiger partial charge in [-0.05, 0) is 55.0 Å². The lowest BCUT2D eigenvalue weighted by Gasteiger charge is -2.09. The predicted octanol–water partition coefficient (Wildman–Crippen LogP) is 6.91. The molecule has 0 saturated heterocycles. The molecule has 3 heteroatoms. The molecule has 0 amide bonds. The zero-order valence-corrected chi connectivity index (χ0v) is 17.9. The summed E-state index contributed by atoms with van der Waals surface area (Å²) in [5, 5.41) is 0. The number of carbonyl (C=O) groups is 1. The van der Waals surface area contributed by atoms with E-state index >= 15 is 0 Å². The van der Waals surface area contributed by atoms with Crippen molar-refractivity contribution < 1.29 is 9.53 Å². The molecule has 2 nitrogen and oxygen atoms in total. The fourth-order valence-electron chi connectivity index (χ4n) is 3.20. The van der Waals surface area contributed by atoms with Crippen molar-refractivity contribution in [2.75, 3.05) is 6.61 Å². The van der Waals surface area contributed by atoms with Crippen LogP contribution < -0.4 is 0 Å². The van der Waals surface area contributed by atoms with Crippen molar-refractivity contribution in [3.8, 4) is 0 Å². The van der Waals surface area contributed by atoms with Crippen molar-refractivity contribution in [1.29, 1.82) is 0 Å². The number of hydrogen-bond acceptors (Lipinski definition) is 2. The molecule has 0 bridgehead atoms. The molecule has 3 aromatic carbocycles. The van der Waals surface area contributed by atoms with Crippen LogP contribution in [0.4, 0.5) is 0 Å². The minimum Gasteiger partial charge on any atom is -0.462 e. The summed E-state index contributed by atoms with van der Waals surface area (Å²) in [6.07, 6.45) is 5.75. The Hall–Kier alpha value is -2.52. The third-order valence-electron chi connectivity index (χ3n) is 4.76. The van der Waals surface area contributed by atoms with Crippen LogP contribution in [0, 0.1) is 0 Å². The number of hydrogen-bond donors (Lipinski definition) is 0. The average Bonchev–Trinajstić information content (AvgIpc) is 2.78. The highest BCUT2D eigenvalue weighted by Crippen LogP contribution is 2.31. The molecule has 0 aliphatic carbocycles. The predicted molar refractivity (Wildman–Crippen MR) is 121 cm³/mol. The number of esters is 1. The maximum absolute atomic E-state index is 12.3. The van der Waals surface area contributed by atoms with E-state index in [2.05, 4.69) is 67.6 Å². The van der Waals surface area contributed by atoms with Gasteiger partial charge in [0.2, 0.25) is 0 Å². The van der Waals surface area contributed by atoms with Crippen LogP contribution in [-0.2, 0) is 15.6 Å². The monoisotopic (exact) mass is 405 g/mol. The quantitative estimate of drug-likeness (QED) is 0.208. The first-order valence-electron chi connectivity index (χ1n) is 10.4. The summed E-state index contributed by atoms with van der Waals surface area (Å²) < 4.78 is 5.44. The van der Waals surface area contributed by atoms with Crippen molar-refractivity contribution >= 4 is 16.9 Å². The van der Waals surface area contributed by atoms with Gasteiger partial charge in [-0.25, -0.2) is 4.79 Å². The van der Waals surface area contributed by atoms with E-state index in [1.807, 2.05) is 24.3 Å². The second-order valence-corrected chi connectivity index (χ2v) is 9.03. The Labute approximate surface area is 177 Å². The summed E-state index contributed by atoms with van der Waals surface area (Å²) in [6.45, 7) is 2.70. The van der Waals surface area contributed by atoms with E-state index in [1.165, 1.54) is 33.9 Å². The maximum Gasteiger partial charge on any atom is 0.338 e. The minimum absolute atomic E-state index is 0.198. The largest absolute Gasteiger partial charge is 0.462 e. The summed E-state index contributed by atoms with van der Waals surface area (Å²) in [6, 6.07) is 28.9. The van der Waals surface area contributed by atoms with Crippen LogP contribution in [0.1, 0.15) is 49.4 Å². The van der Waals surface area contributed by atoms with Crippen molar-refractivity contribution in [3.05, 3.63) is 90.5 Å². The number of rotatable bonds is 10. The lowest BCUT2D eigenvalue weighted by Crippen LogP contribution is -2.08. The molecule has 0 saturated carbocycles. The van der Waals surface area contributed by atoms with Gasteiger partial charge in [0.05, 0.1) is 23.1 Å². The van der Waals surface area contributed by atoms with Gasteiger partial charge in [-0.3, -0.25) is 0 Å². The molecule has 0 aliphatic heterocycles. The molecule has 0 aliphatic rings. The van der Waals surface area contributed by atoms with Crippen LogP contribution in [0.15, 0.2) is 99.6 Å². The molecule has 3 aromatic rings. The summed E-state index contributed by atoms with van der Waals surface area (Å²) in [5.41, 5.74) is 0.618. The number of benzene rings is 3. The highest BCUT2D eigenvalue weighted by atomic mass is 32.2. The Morgan fingerprint density at radius 2 is 1.21 bits per heavy atom. The summed E-state index contributed by atoms with van der Waals surface area (Å²) in [4.78, 5) is 16.1. The van der Waals surface area contributed by atoms with Crippen LogP contribution >= 0.6 is 0 Å². The van der Waals surface area contributed by atoms with Crippen LogP contribution in [-0.4, -0.2) is 12.6 Å². The molecule has 0 atom stereocenters. The first kappa shape index (κ1) is 21.2. The zero-order chi connectivity index (χ0) is 20.3. The van der Waals surface area contributed by atoms with Crippen LogP contribution in [0.2, 0.25) is 0 Å². The molecular weight excluding hydrogens is 376 g/mol. The van der Waals surface area contributed by atoms with Gasteiger partial charge in [-0.15, -0.1) is 0 Å². The fourth-order valence-corrected chi connectivity index (χ4v) is 5.29. The topological polar surface area (TPSA) is 26.3 Å². The number of ether oxygens (including phenoxy) is 1. The SMILES string of the molecule is CCCCCCCOC(=O)c1ccc([S+](c2ccccc2)c2ccccc2)cc1. The molecule has 0 N–H and O–H groups in total. The molecule has 0 unspecified atom stereocenters. The van der Waals surface area contributed by atoms with Gasteiger partial charge < -0.3 is 4.74 Å². The fraction of sp³-hybridized carbons (Fsp3) is 0.269. The van der Waals surface area contributed by atoms with Gasteiger partial charge in [-0.2, -0.15) is 0 Å². The summed E-state index contributed by atoms with van der Waals surface area (Å²) in [7, 11) is -0.198. The molecule has 0 fully saturated rings. The van der Waals surface area contributed by atoms with E-state index in [-0.39, 0.29) is 16.9 Å². The van der Waals surface area contributed by atoms with Gasteiger partial charge in [0, 0.05) is 0 Å². The Morgan fingerprint density at radius 3 is 1.76 bits per heavy atom. The summed E-state index contributed by atoms with van der Waals surface area (Å²) in [5.74, 6) is -0.230. The van der Waals surface area contributed by atoms with Crippen LogP contribution in [0.5, 0.6) is 0 Å². The van der Waals surface area contributed by atoms with Gasteiger partial charge >= 0.3 is 5.97 Å². The molecule has 0 spiro atoms. The van der Waals surface area contributed by atoms with E-state index < -0.39 is 0 Å². The molecule has 3 rings (SSSR count). The van der Waals surface area contributed by atoms with E-state index in [9.17, 15) is 4.79 Å². The second-order valence-electron chi connectivity index (χ2n) is 7.01. The number of carbonyl (C=O) groups excluding carboxylic acids is 1. The number of unbranched alkanes of at least 4 members (excludes halogenated alkanes) is 4. The highest BCUT2D eigenvalue weighted by Gasteiger charge is 2.28. The first-order chi connectivity index (χ1) is 14.3. The smallest absolute Gasteiger partial charge is 0.338 e. The Morgan fingerprint density at radius 1 is 0.690 bits per heavy atom. The van der Waals surface area contributed by atoms with Gasteiger partial charge in [0.15, 0.2) is 14.7 Å². The van der Waals surface area contributed by atoms with E-state index in [4.69, 9.17) is 4.74 Å². The van der Waals surface area contributed by atoms with Crippen molar-refractivity contribution in [1.82, 2.24) is 0 Å². The zero-order valence-electron chi connectivity index (χ0n) is 17.1. The van der Waals surface area contributed by atoms with Gasteiger partial charge in [0.25, 0.3) is 0 Å². The maximum atomic E-state index is 12.3. The second kappa shape index (κ2) is 11.5. The lowest BCUT2D eigenvalue weighted by atomic mass is 10.2. The van der Waals surface area contributed by atoms with E-state index in [1.54, 1.807) is 0 Å². The van der Waals surface area contributed by atoms with Gasteiger partial charge in [0.1, 0.15) is 0 Å². The lowest BCUT2D eigenvalue weighted by molar-refractivity contribution is 0.0497. The molecular formula is C26H29O2S+. The molecule has 150 valence electrons. The molecule has 29 heavy (non-hydrogen) atoms. The molecule has 0 aromatic heterocycles. The van der Waals surface area contributed by atoms with Crippen LogP contribution in [0.3, 0.4) is 0 Å². The van der Waals surface area contributed by atoms with Crippen LogP contribution in [0.25, 0.3) is 0 Å². The summed E-state index contributed by atoms with van der Waals surface area (Å²) >= 11 is 0. The molecule has 0 heterocycles. The normalized spacial score (nSPS) is 10.8. The third-order valence-corrected chi connectivity index (χ3v) is 7.00. The van der Waals surface area contributed by atoms with Gasteiger partial charge in [-0.1, -0.05) is 69.0 Å².